The fourth-order valence-electron chi connectivity index (χ4n) is 3.56. The largest absolute Gasteiger partial charge is 0.443 e. The zero-order valence-corrected chi connectivity index (χ0v) is 19.2. The summed E-state index contributed by atoms with van der Waals surface area (Å²) in [5.41, 5.74) is 1.51. The van der Waals surface area contributed by atoms with Crippen molar-refractivity contribution >= 4 is 23.1 Å². The van der Waals surface area contributed by atoms with Crippen molar-refractivity contribution in [3.8, 4) is 0 Å². The molecule has 3 rings (SSSR count). The molecule has 164 valence electrons. The molecule has 1 aliphatic rings. The van der Waals surface area contributed by atoms with Gasteiger partial charge < -0.3 is 9.64 Å². The number of hydrogen-bond acceptors (Lipinski definition) is 5. The average Bonchev–Trinajstić information content (AvgIpc) is 2.83. The number of carbonyl (C=O) groups excluding carboxylic acids is 1. The molecule has 1 saturated heterocycles. The van der Waals surface area contributed by atoms with Crippen molar-refractivity contribution in [2.24, 2.45) is 12.5 Å². The van der Waals surface area contributed by atoms with Crippen LogP contribution < -0.4 is 10.6 Å². The van der Waals surface area contributed by atoms with E-state index in [0.29, 0.717) is 37.5 Å². The molecule has 2 aromatic heterocycles. The quantitative estimate of drug-likeness (QED) is 0.752. The van der Waals surface area contributed by atoms with Crippen molar-refractivity contribution in [2.75, 3.05) is 24.5 Å². The molecule has 0 spiro atoms. The zero-order chi connectivity index (χ0) is 22.4. The van der Waals surface area contributed by atoms with E-state index in [2.05, 4.69) is 32.3 Å². The van der Waals surface area contributed by atoms with Gasteiger partial charge in [-0.05, 0) is 38.3 Å². The van der Waals surface area contributed by atoms with Gasteiger partial charge in [0.2, 0.25) is 0 Å². The number of piperazine rings is 1. The molecule has 0 aliphatic carbocycles. The van der Waals surface area contributed by atoms with Gasteiger partial charge in [-0.1, -0.05) is 27.4 Å². The van der Waals surface area contributed by atoms with E-state index in [1.807, 2.05) is 32.9 Å². The minimum atomic E-state index is -0.550. The molecule has 1 fully saturated rings. The summed E-state index contributed by atoms with van der Waals surface area (Å²) in [7, 11) is 1.75. The molecular weight excluding hydrogens is 382 g/mol. The summed E-state index contributed by atoms with van der Waals surface area (Å²) in [6, 6.07) is 3.88. The average molecular weight is 416 g/mol. The Kier molecular flexibility index (Phi) is 5.47. The van der Waals surface area contributed by atoms with Gasteiger partial charge in [0.15, 0.2) is 5.65 Å². The van der Waals surface area contributed by atoms with Crippen molar-refractivity contribution in [3.05, 3.63) is 34.9 Å². The fourth-order valence-corrected chi connectivity index (χ4v) is 3.56. The molecule has 0 radical (unpaired) electrons. The van der Waals surface area contributed by atoms with Crippen LogP contribution in [-0.2, 0) is 18.3 Å². The first-order valence-corrected chi connectivity index (χ1v) is 10.3. The monoisotopic (exact) mass is 415 g/mol. The number of pyridine rings is 1. The van der Waals surface area contributed by atoms with Gasteiger partial charge in [0.05, 0.1) is 12.1 Å². The molecule has 3 heterocycles. The third-order valence-corrected chi connectivity index (χ3v) is 4.89. The Labute approximate surface area is 177 Å². The van der Waals surface area contributed by atoms with Gasteiger partial charge in [-0.25, -0.2) is 14.6 Å². The number of carbonyl (C=O) groups is 1. The highest BCUT2D eigenvalue weighted by Crippen LogP contribution is 2.24. The molecule has 30 heavy (non-hydrogen) atoms. The molecule has 8 heteroatoms. The second-order valence-electron chi connectivity index (χ2n) is 10.1. The van der Waals surface area contributed by atoms with Crippen LogP contribution in [0.5, 0.6) is 0 Å². The van der Waals surface area contributed by atoms with Crippen LogP contribution in [0.1, 0.15) is 41.5 Å². The maximum Gasteiger partial charge on any atom is 0.414 e. The summed E-state index contributed by atoms with van der Waals surface area (Å²) in [5, 5.41) is 0. The van der Waals surface area contributed by atoms with Crippen LogP contribution in [0.15, 0.2) is 29.2 Å². The Morgan fingerprint density at radius 3 is 2.40 bits per heavy atom. The first-order chi connectivity index (χ1) is 13.8. The Morgan fingerprint density at radius 1 is 1.17 bits per heavy atom. The number of rotatable bonds is 2. The second kappa shape index (κ2) is 7.49. The molecule has 1 amide bonds. The molecule has 1 aliphatic heterocycles. The summed E-state index contributed by atoms with van der Waals surface area (Å²) in [4.78, 5) is 33.6. The molecular formula is C22H33N5O3. The number of imidazole rings is 1. The molecule has 0 bridgehead atoms. The summed E-state index contributed by atoms with van der Waals surface area (Å²) in [6.45, 7) is 18.1. The van der Waals surface area contributed by atoms with Crippen molar-refractivity contribution in [2.45, 2.75) is 53.7 Å². The Bertz CT molecular complexity index is 1040. The number of hydrogen-bond donors (Lipinski definition) is 0. The number of ether oxygens (including phenoxy) is 1. The van der Waals surface area contributed by atoms with Crippen molar-refractivity contribution in [1.29, 1.82) is 0 Å². The topological polar surface area (TPSA) is 72.6 Å². The normalized spacial score (nSPS) is 15.8. The Balaban J connectivity index is 1.83. The smallest absolute Gasteiger partial charge is 0.414 e. The van der Waals surface area contributed by atoms with Crippen molar-refractivity contribution < 1.29 is 9.53 Å². The van der Waals surface area contributed by atoms with Gasteiger partial charge in [0.1, 0.15) is 11.4 Å². The van der Waals surface area contributed by atoms with Gasteiger partial charge in [-0.15, -0.1) is 0 Å². The predicted octanol–water partition coefficient (Wildman–Crippen LogP) is 3.35. The lowest BCUT2D eigenvalue weighted by Gasteiger charge is -2.37. The van der Waals surface area contributed by atoms with Gasteiger partial charge in [0.25, 0.3) is 0 Å². The number of amides is 1. The zero-order valence-electron chi connectivity index (χ0n) is 19.2. The van der Waals surface area contributed by atoms with Crippen LogP contribution in [0.2, 0.25) is 0 Å². The van der Waals surface area contributed by atoms with Crippen LogP contribution in [-0.4, -0.2) is 50.3 Å². The third kappa shape index (κ3) is 4.52. The molecule has 8 nitrogen and oxygen atoms in total. The molecule has 0 N–H and O–H groups in total. The van der Waals surface area contributed by atoms with E-state index in [1.165, 1.54) is 0 Å². The lowest BCUT2D eigenvalue weighted by atomic mass is 9.97. The molecule has 0 unspecified atom stereocenters. The number of nitrogens with zero attached hydrogens (tertiary/aromatic N) is 5. The van der Waals surface area contributed by atoms with Gasteiger partial charge in [-0.3, -0.25) is 14.0 Å². The predicted molar refractivity (Wildman–Crippen MR) is 119 cm³/mol. The van der Waals surface area contributed by atoms with E-state index in [0.717, 1.165) is 11.3 Å². The summed E-state index contributed by atoms with van der Waals surface area (Å²) >= 11 is 0. The minimum Gasteiger partial charge on any atom is -0.443 e. The second-order valence-corrected chi connectivity index (χ2v) is 10.1. The fraction of sp³-hybridized carbons (Fsp3) is 0.591. The lowest BCUT2D eigenvalue weighted by Crippen LogP contribution is -2.48. The standard InChI is InChI=1S/C22H33N5O3/c1-15-13-25(11-12-26(15)20(29)30-22(5,6)7)17-10-9-16-18(23-17)24(8)19(28)27(16)14-21(2,3)4/h9-10H,1,11-14H2,2-8H3. The van der Waals surface area contributed by atoms with Gasteiger partial charge in [0, 0.05) is 32.4 Å². The molecule has 0 atom stereocenters. The number of anilines is 1. The van der Waals surface area contributed by atoms with E-state index in [1.54, 1.807) is 21.1 Å². The molecule has 0 saturated carbocycles. The van der Waals surface area contributed by atoms with Gasteiger partial charge in [-0.2, -0.15) is 0 Å². The Hall–Kier alpha value is -2.77. The maximum absolute atomic E-state index is 12.7. The van der Waals surface area contributed by atoms with E-state index in [4.69, 9.17) is 9.72 Å². The molecule has 2 aromatic rings. The highest BCUT2D eigenvalue weighted by molar-refractivity contribution is 5.75. The van der Waals surface area contributed by atoms with Crippen LogP contribution in [0.3, 0.4) is 0 Å². The highest BCUT2D eigenvalue weighted by atomic mass is 16.6. The minimum absolute atomic E-state index is 0.0213. The first-order valence-electron chi connectivity index (χ1n) is 10.3. The SMILES string of the molecule is C=C1CN(c2ccc3c(n2)n(C)c(=O)n3CC(C)(C)C)CCN1C(=O)OC(C)(C)C. The van der Waals surface area contributed by atoms with Crippen molar-refractivity contribution in [1.82, 2.24) is 19.0 Å². The highest BCUT2D eigenvalue weighted by Gasteiger charge is 2.29. The van der Waals surface area contributed by atoms with E-state index < -0.39 is 5.60 Å². The van der Waals surface area contributed by atoms with E-state index in [9.17, 15) is 9.59 Å². The van der Waals surface area contributed by atoms with Crippen LogP contribution in [0.25, 0.3) is 11.2 Å². The van der Waals surface area contributed by atoms with Crippen molar-refractivity contribution in [3.63, 3.8) is 0 Å². The van der Waals surface area contributed by atoms with E-state index >= 15 is 0 Å². The summed E-state index contributed by atoms with van der Waals surface area (Å²) in [5.74, 6) is 0.760. The van der Waals surface area contributed by atoms with Crippen LogP contribution >= 0.6 is 0 Å². The van der Waals surface area contributed by atoms with Crippen LogP contribution in [0.4, 0.5) is 10.6 Å². The third-order valence-electron chi connectivity index (χ3n) is 4.89. The summed E-state index contributed by atoms with van der Waals surface area (Å²) in [6.07, 6.45) is -0.378. The first kappa shape index (κ1) is 21.9. The molecule has 0 aromatic carbocycles. The van der Waals surface area contributed by atoms with E-state index in [-0.39, 0.29) is 17.2 Å². The van der Waals surface area contributed by atoms with Crippen LogP contribution in [0, 0.1) is 5.41 Å². The number of fused-ring (bicyclic) bond motifs is 1. The maximum atomic E-state index is 12.7. The number of aryl methyl sites for hydroxylation is 1. The summed E-state index contributed by atoms with van der Waals surface area (Å²) < 4.78 is 8.85. The Morgan fingerprint density at radius 2 is 1.83 bits per heavy atom. The van der Waals surface area contributed by atoms with Gasteiger partial charge >= 0.3 is 11.8 Å². The lowest BCUT2D eigenvalue weighted by molar-refractivity contribution is 0.0303. The number of aromatic nitrogens is 3.